The summed E-state index contributed by atoms with van der Waals surface area (Å²) in [6.45, 7) is 0.134. The summed E-state index contributed by atoms with van der Waals surface area (Å²) >= 11 is 7.05. The van der Waals surface area contributed by atoms with Gasteiger partial charge in [0.2, 0.25) is 0 Å². The van der Waals surface area contributed by atoms with Gasteiger partial charge in [-0.1, -0.05) is 23.7 Å². The summed E-state index contributed by atoms with van der Waals surface area (Å²) in [5.41, 5.74) is -1.71. The molecule has 0 saturated heterocycles. The van der Waals surface area contributed by atoms with E-state index in [0.717, 1.165) is 11.3 Å². The number of carbonyl (C=O) groups excluding carboxylic acids is 1. The largest absolute Gasteiger partial charge is 0.481 e. The third kappa shape index (κ3) is 7.79. The first-order valence-corrected chi connectivity index (χ1v) is 13.3. The van der Waals surface area contributed by atoms with Crippen LogP contribution < -0.4 is 10.2 Å². The number of nitrogens with zero attached hydrogens (tertiary/aromatic N) is 2. The van der Waals surface area contributed by atoms with Crippen LogP contribution >= 0.6 is 22.9 Å². The van der Waals surface area contributed by atoms with Crippen molar-refractivity contribution in [2.75, 3.05) is 11.4 Å². The fraction of sp³-hybridized carbons (Fsp3) is 0.179. The molecule has 0 aliphatic heterocycles. The van der Waals surface area contributed by atoms with Crippen molar-refractivity contribution in [1.29, 1.82) is 0 Å². The molecule has 0 fully saturated rings. The number of hydrogen-bond acceptors (Lipinski definition) is 5. The van der Waals surface area contributed by atoms with Gasteiger partial charge in [0.15, 0.2) is 5.13 Å². The van der Waals surface area contributed by atoms with Gasteiger partial charge in [-0.3, -0.25) is 9.59 Å². The number of carboxylic acid groups (broad SMARTS) is 1. The van der Waals surface area contributed by atoms with Crippen molar-refractivity contribution < 1.29 is 41.0 Å². The first-order valence-electron chi connectivity index (χ1n) is 12.1. The molecule has 4 aromatic rings. The predicted molar refractivity (Wildman–Crippen MR) is 146 cm³/mol. The van der Waals surface area contributed by atoms with Gasteiger partial charge in [-0.2, -0.15) is 26.3 Å². The molecule has 0 saturated carbocycles. The van der Waals surface area contributed by atoms with Gasteiger partial charge in [0.1, 0.15) is 0 Å². The third-order valence-electron chi connectivity index (χ3n) is 5.93. The van der Waals surface area contributed by atoms with Gasteiger partial charge in [-0.15, -0.1) is 11.3 Å². The van der Waals surface area contributed by atoms with Gasteiger partial charge >= 0.3 is 18.3 Å². The molecule has 0 unspecified atom stereocenters. The summed E-state index contributed by atoms with van der Waals surface area (Å²) in [6.07, 6.45) is -10.2. The van der Waals surface area contributed by atoms with Crippen LogP contribution in [-0.2, 0) is 23.7 Å². The SMILES string of the molecule is O=C(O)CCNC(=O)c1ccc(CN(c2ccc(Cl)cc2)c2nc(-c3cc(C(F)(F)F)cc(C(F)(F)F)c3)cs2)cc1. The number of anilines is 2. The summed E-state index contributed by atoms with van der Waals surface area (Å²) in [4.78, 5) is 29.0. The Labute approximate surface area is 244 Å². The molecular formula is C28H20ClF6N3O3S. The number of hydrogen-bond donors (Lipinski definition) is 2. The smallest absolute Gasteiger partial charge is 0.416 e. The molecule has 1 amide bonds. The molecule has 1 aromatic heterocycles. The first kappa shape index (κ1) is 30.8. The Morgan fingerprint density at radius 3 is 2.05 bits per heavy atom. The maximum Gasteiger partial charge on any atom is 0.416 e. The van der Waals surface area contributed by atoms with Gasteiger partial charge in [-0.25, -0.2) is 4.98 Å². The number of nitrogens with one attached hydrogen (secondary N) is 1. The zero-order valence-corrected chi connectivity index (χ0v) is 22.8. The molecular weight excluding hydrogens is 608 g/mol. The highest BCUT2D eigenvalue weighted by Gasteiger charge is 2.37. The minimum absolute atomic E-state index is 0.0387. The van der Waals surface area contributed by atoms with Crippen molar-refractivity contribution in [1.82, 2.24) is 10.3 Å². The molecule has 6 nitrogen and oxygen atoms in total. The van der Waals surface area contributed by atoms with Crippen molar-refractivity contribution in [2.45, 2.75) is 25.3 Å². The second-order valence-electron chi connectivity index (χ2n) is 8.97. The Balaban J connectivity index is 1.65. The van der Waals surface area contributed by atoms with Crippen molar-refractivity contribution in [3.63, 3.8) is 0 Å². The van der Waals surface area contributed by atoms with E-state index in [1.54, 1.807) is 53.4 Å². The van der Waals surface area contributed by atoms with Crippen molar-refractivity contribution in [3.8, 4) is 11.3 Å². The summed E-state index contributed by atoms with van der Waals surface area (Å²) in [5.74, 6) is -1.51. The van der Waals surface area contributed by atoms with Crippen LogP contribution in [0.5, 0.6) is 0 Å². The lowest BCUT2D eigenvalue weighted by Crippen LogP contribution is -2.26. The number of halogens is 7. The maximum atomic E-state index is 13.4. The quantitative estimate of drug-likeness (QED) is 0.184. The van der Waals surface area contributed by atoms with Gasteiger partial charge in [0.25, 0.3) is 5.91 Å². The van der Waals surface area contributed by atoms with Crippen LogP contribution in [0.15, 0.2) is 72.1 Å². The molecule has 3 aromatic carbocycles. The number of aromatic nitrogens is 1. The lowest BCUT2D eigenvalue weighted by Gasteiger charge is -2.22. The maximum absolute atomic E-state index is 13.4. The lowest BCUT2D eigenvalue weighted by atomic mass is 10.0. The van der Waals surface area contributed by atoms with E-state index >= 15 is 0 Å². The van der Waals surface area contributed by atoms with Crippen molar-refractivity contribution >= 4 is 45.6 Å². The van der Waals surface area contributed by atoms with E-state index in [4.69, 9.17) is 16.7 Å². The average Bonchev–Trinajstić information content (AvgIpc) is 3.41. The monoisotopic (exact) mass is 627 g/mol. The normalized spacial score (nSPS) is 11.8. The van der Waals surface area contributed by atoms with Crippen LogP contribution in [0.1, 0.15) is 33.5 Å². The van der Waals surface area contributed by atoms with Crippen LogP contribution in [0.25, 0.3) is 11.3 Å². The molecule has 220 valence electrons. The highest BCUT2D eigenvalue weighted by Crippen LogP contribution is 2.40. The second kappa shape index (κ2) is 12.4. The number of carbonyl (C=O) groups is 2. The number of alkyl halides is 6. The fourth-order valence-electron chi connectivity index (χ4n) is 3.84. The predicted octanol–water partition coefficient (Wildman–Crippen LogP) is 8.04. The van der Waals surface area contributed by atoms with E-state index in [1.165, 1.54) is 5.38 Å². The highest BCUT2D eigenvalue weighted by atomic mass is 35.5. The Kier molecular flexibility index (Phi) is 9.12. The molecule has 0 aliphatic carbocycles. The van der Waals surface area contributed by atoms with Crippen LogP contribution in [0.2, 0.25) is 5.02 Å². The Morgan fingerprint density at radius 1 is 0.905 bits per heavy atom. The molecule has 2 N–H and O–H groups in total. The van der Waals surface area contributed by atoms with E-state index in [1.807, 2.05) is 0 Å². The molecule has 0 atom stereocenters. The Morgan fingerprint density at radius 2 is 1.50 bits per heavy atom. The van der Waals surface area contributed by atoms with Gasteiger partial charge < -0.3 is 15.3 Å². The third-order valence-corrected chi connectivity index (χ3v) is 7.04. The first-order chi connectivity index (χ1) is 19.7. The van der Waals surface area contributed by atoms with E-state index in [2.05, 4.69) is 10.3 Å². The van der Waals surface area contributed by atoms with Gasteiger partial charge in [0.05, 0.1) is 29.8 Å². The number of amides is 1. The fourth-order valence-corrected chi connectivity index (χ4v) is 4.82. The topological polar surface area (TPSA) is 82.5 Å². The number of benzene rings is 3. The van der Waals surface area contributed by atoms with Crippen LogP contribution in [0.4, 0.5) is 37.2 Å². The highest BCUT2D eigenvalue weighted by molar-refractivity contribution is 7.14. The minimum atomic E-state index is -5.00. The molecule has 0 spiro atoms. The number of carboxylic acids is 1. The van der Waals surface area contributed by atoms with Crippen molar-refractivity contribution in [3.05, 3.63) is 99.4 Å². The Hall–Kier alpha value is -4.10. The number of aliphatic carboxylic acids is 1. The molecule has 0 bridgehead atoms. The van der Waals surface area contributed by atoms with E-state index in [-0.39, 0.29) is 42.0 Å². The molecule has 1 heterocycles. The lowest BCUT2D eigenvalue weighted by molar-refractivity contribution is -0.143. The summed E-state index contributed by atoms with van der Waals surface area (Å²) < 4.78 is 80.4. The zero-order valence-electron chi connectivity index (χ0n) is 21.3. The second-order valence-corrected chi connectivity index (χ2v) is 10.2. The summed E-state index contributed by atoms with van der Waals surface area (Å²) in [7, 11) is 0. The standard InChI is InChI=1S/C28H20ClF6N3O3S/c29-21-5-7-22(8-6-21)38(14-16-1-3-17(4-2-16)25(41)36-10-9-24(39)40)26-37-23(15-42-26)18-11-19(27(30,31)32)13-20(12-18)28(33,34)35/h1-8,11-13,15H,9-10,14H2,(H,36,41)(H,39,40). The molecule has 0 radical (unpaired) electrons. The van der Waals surface area contributed by atoms with E-state index < -0.39 is 35.4 Å². The summed E-state index contributed by atoms with van der Waals surface area (Å²) in [5, 5.41) is 13.3. The van der Waals surface area contributed by atoms with Crippen LogP contribution in [0.3, 0.4) is 0 Å². The van der Waals surface area contributed by atoms with E-state index in [9.17, 15) is 35.9 Å². The minimum Gasteiger partial charge on any atom is -0.481 e. The zero-order chi connectivity index (χ0) is 30.7. The van der Waals surface area contributed by atoms with E-state index in [0.29, 0.717) is 34.0 Å². The Bertz CT molecular complexity index is 1540. The summed E-state index contributed by atoms with van der Waals surface area (Å²) in [6, 6.07) is 14.3. The molecule has 0 aliphatic rings. The molecule has 14 heteroatoms. The molecule has 4 rings (SSSR count). The number of thiazole rings is 1. The van der Waals surface area contributed by atoms with Gasteiger partial charge in [0, 0.05) is 33.8 Å². The average molecular weight is 628 g/mol. The van der Waals surface area contributed by atoms with Crippen LogP contribution in [-0.4, -0.2) is 28.5 Å². The van der Waals surface area contributed by atoms with Gasteiger partial charge in [-0.05, 0) is 60.2 Å². The van der Waals surface area contributed by atoms with Crippen molar-refractivity contribution in [2.24, 2.45) is 0 Å². The number of rotatable bonds is 9. The van der Waals surface area contributed by atoms with Crippen LogP contribution in [0, 0.1) is 0 Å². The molecule has 42 heavy (non-hydrogen) atoms.